The van der Waals surface area contributed by atoms with Crippen molar-refractivity contribution >= 4 is 12.1 Å². The normalized spacial score (nSPS) is 33.1. The lowest BCUT2D eigenvalue weighted by molar-refractivity contribution is -0.114. The van der Waals surface area contributed by atoms with Crippen LogP contribution in [-0.2, 0) is 4.79 Å². The summed E-state index contributed by atoms with van der Waals surface area (Å²) in [6, 6.07) is 1.52. The van der Waals surface area contributed by atoms with Crippen molar-refractivity contribution in [1.29, 1.82) is 0 Å². The number of hydrogen-bond acceptors (Lipinski definition) is 4. The van der Waals surface area contributed by atoms with Gasteiger partial charge in [0.15, 0.2) is 0 Å². The SMILES string of the molecule is CN1C2CCC1CC(CCNC(=O)C=NO)C2. The lowest BCUT2D eigenvalue weighted by atomic mass is 9.88. The highest BCUT2D eigenvalue weighted by atomic mass is 16.4. The molecular weight excluding hydrogens is 218 g/mol. The number of hydrogen-bond donors (Lipinski definition) is 2. The van der Waals surface area contributed by atoms with Crippen LogP contribution in [0.3, 0.4) is 0 Å². The highest BCUT2D eigenvalue weighted by molar-refractivity contribution is 6.25. The fraction of sp³-hybridized carbons (Fsp3) is 0.833. The minimum atomic E-state index is -0.316. The van der Waals surface area contributed by atoms with Crippen LogP contribution in [0.25, 0.3) is 0 Å². The lowest BCUT2D eigenvalue weighted by Crippen LogP contribution is -2.40. The van der Waals surface area contributed by atoms with E-state index in [-0.39, 0.29) is 5.91 Å². The number of fused-ring (bicyclic) bond motifs is 2. The van der Waals surface area contributed by atoms with Crippen molar-refractivity contribution in [2.75, 3.05) is 13.6 Å². The summed E-state index contributed by atoms with van der Waals surface area (Å²) >= 11 is 0. The van der Waals surface area contributed by atoms with E-state index in [1.807, 2.05) is 0 Å². The van der Waals surface area contributed by atoms with Gasteiger partial charge in [-0.2, -0.15) is 0 Å². The molecular formula is C12H21N3O2. The van der Waals surface area contributed by atoms with Crippen LogP contribution in [0.2, 0.25) is 0 Å². The molecule has 2 rings (SSSR count). The molecule has 17 heavy (non-hydrogen) atoms. The van der Waals surface area contributed by atoms with Crippen molar-refractivity contribution in [3.63, 3.8) is 0 Å². The molecule has 0 aromatic carbocycles. The van der Waals surface area contributed by atoms with Crippen LogP contribution < -0.4 is 5.32 Å². The summed E-state index contributed by atoms with van der Waals surface area (Å²) in [6.07, 6.45) is 7.13. The molecule has 2 bridgehead atoms. The van der Waals surface area contributed by atoms with E-state index in [2.05, 4.69) is 22.4 Å². The van der Waals surface area contributed by atoms with E-state index < -0.39 is 0 Å². The smallest absolute Gasteiger partial charge is 0.265 e. The van der Waals surface area contributed by atoms with Crippen molar-refractivity contribution in [3.05, 3.63) is 0 Å². The lowest BCUT2D eigenvalue weighted by Gasteiger charge is -2.36. The Kier molecular flexibility index (Phi) is 3.99. The Morgan fingerprint density at radius 1 is 1.47 bits per heavy atom. The van der Waals surface area contributed by atoms with Crippen molar-refractivity contribution in [3.8, 4) is 0 Å². The molecule has 2 saturated heterocycles. The van der Waals surface area contributed by atoms with Gasteiger partial charge in [0.05, 0.1) is 0 Å². The zero-order valence-electron chi connectivity index (χ0n) is 10.3. The molecule has 2 atom stereocenters. The molecule has 96 valence electrons. The number of nitrogens with one attached hydrogen (secondary N) is 1. The molecule has 2 aliphatic rings. The topological polar surface area (TPSA) is 64.9 Å². The first-order chi connectivity index (χ1) is 8.20. The number of nitrogens with zero attached hydrogens (tertiary/aromatic N) is 2. The summed E-state index contributed by atoms with van der Waals surface area (Å²) in [5.74, 6) is 0.415. The molecule has 2 fully saturated rings. The predicted octanol–water partition coefficient (Wildman–Crippen LogP) is 0.825. The van der Waals surface area contributed by atoms with Crippen LogP contribution in [-0.4, -0.2) is 47.9 Å². The van der Waals surface area contributed by atoms with E-state index in [0.717, 1.165) is 30.6 Å². The largest absolute Gasteiger partial charge is 0.411 e. The molecule has 2 heterocycles. The third-order valence-electron chi connectivity index (χ3n) is 4.22. The first-order valence-corrected chi connectivity index (χ1v) is 6.38. The number of rotatable bonds is 4. The standard InChI is InChI=1S/C12H21N3O2/c1-15-10-2-3-11(15)7-9(6-10)4-5-13-12(16)8-14-17/h8-11,17H,2-7H2,1H3,(H,13,16). The van der Waals surface area contributed by atoms with Gasteiger partial charge in [-0.25, -0.2) is 0 Å². The number of carbonyl (C=O) groups excluding carboxylic acids is 1. The maximum absolute atomic E-state index is 11.0. The Bertz CT molecular complexity index is 292. The Balaban J connectivity index is 1.69. The molecule has 2 aliphatic heterocycles. The van der Waals surface area contributed by atoms with Gasteiger partial charge < -0.3 is 15.4 Å². The second-order valence-electron chi connectivity index (χ2n) is 5.21. The Morgan fingerprint density at radius 2 is 2.12 bits per heavy atom. The van der Waals surface area contributed by atoms with Gasteiger partial charge in [0.2, 0.25) is 0 Å². The van der Waals surface area contributed by atoms with Crippen LogP contribution in [0.5, 0.6) is 0 Å². The third kappa shape index (κ3) is 2.97. The molecule has 2 unspecified atom stereocenters. The summed E-state index contributed by atoms with van der Waals surface area (Å²) in [5.41, 5.74) is 0. The molecule has 0 radical (unpaired) electrons. The zero-order chi connectivity index (χ0) is 12.3. The second kappa shape index (κ2) is 5.49. The van der Waals surface area contributed by atoms with Gasteiger partial charge in [0.1, 0.15) is 6.21 Å². The summed E-state index contributed by atoms with van der Waals surface area (Å²) in [4.78, 5) is 13.6. The minimum Gasteiger partial charge on any atom is -0.411 e. The zero-order valence-corrected chi connectivity index (χ0v) is 10.3. The molecule has 0 saturated carbocycles. The van der Waals surface area contributed by atoms with Crippen LogP contribution in [0.4, 0.5) is 0 Å². The van der Waals surface area contributed by atoms with Crippen molar-refractivity contribution < 1.29 is 10.0 Å². The second-order valence-corrected chi connectivity index (χ2v) is 5.21. The van der Waals surface area contributed by atoms with Crippen molar-refractivity contribution in [1.82, 2.24) is 10.2 Å². The van der Waals surface area contributed by atoms with Gasteiger partial charge in [0, 0.05) is 18.6 Å². The molecule has 0 aliphatic carbocycles. The highest BCUT2D eigenvalue weighted by Gasteiger charge is 2.37. The molecule has 2 N–H and O–H groups in total. The summed E-state index contributed by atoms with van der Waals surface area (Å²) in [7, 11) is 2.23. The fourth-order valence-corrected chi connectivity index (χ4v) is 3.26. The molecule has 0 aromatic heterocycles. The van der Waals surface area contributed by atoms with Gasteiger partial charge in [-0.1, -0.05) is 5.16 Å². The van der Waals surface area contributed by atoms with E-state index in [1.165, 1.54) is 25.7 Å². The quantitative estimate of drug-likeness (QED) is 0.434. The number of piperidine rings is 1. The van der Waals surface area contributed by atoms with Crippen LogP contribution >= 0.6 is 0 Å². The molecule has 1 amide bonds. The summed E-state index contributed by atoms with van der Waals surface area (Å²) < 4.78 is 0. The van der Waals surface area contributed by atoms with Crippen LogP contribution in [0.15, 0.2) is 5.16 Å². The Labute approximate surface area is 102 Å². The highest BCUT2D eigenvalue weighted by Crippen LogP contribution is 2.38. The molecule has 0 aromatic rings. The number of carbonyl (C=O) groups is 1. The average molecular weight is 239 g/mol. The van der Waals surface area contributed by atoms with E-state index in [0.29, 0.717) is 6.54 Å². The maximum Gasteiger partial charge on any atom is 0.265 e. The van der Waals surface area contributed by atoms with Crippen molar-refractivity contribution in [2.24, 2.45) is 11.1 Å². The van der Waals surface area contributed by atoms with Crippen LogP contribution in [0, 0.1) is 5.92 Å². The van der Waals surface area contributed by atoms with Gasteiger partial charge in [-0.05, 0) is 45.1 Å². The van der Waals surface area contributed by atoms with E-state index >= 15 is 0 Å². The number of amides is 1. The fourth-order valence-electron chi connectivity index (χ4n) is 3.26. The first-order valence-electron chi connectivity index (χ1n) is 6.38. The maximum atomic E-state index is 11.0. The number of oxime groups is 1. The van der Waals surface area contributed by atoms with Gasteiger partial charge in [0.25, 0.3) is 5.91 Å². The molecule has 5 nitrogen and oxygen atoms in total. The minimum absolute atomic E-state index is 0.316. The summed E-state index contributed by atoms with van der Waals surface area (Å²) in [6.45, 7) is 0.679. The monoisotopic (exact) mass is 239 g/mol. The average Bonchev–Trinajstić information content (AvgIpc) is 2.53. The molecule has 0 spiro atoms. The van der Waals surface area contributed by atoms with Gasteiger partial charge >= 0.3 is 0 Å². The first kappa shape index (κ1) is 12.4. The van der Waals surface area contributed by atoms with E-state index in [1.54, 1.807) is 0 Å². The molecule has 5 heteroatoms. The van der Waals surface area contributed by atoms with Gasteiger partial charge in [-0.15, -0.1) is 0 Å². The van der Waals surface area contributed by atoms with Gasteiger partial charge in [-0.3, -0.25) is 4.79 Å². The van der Waals surface area contributed by atoms with E-state index in [9.17, 15) is 4.79 Å². The summed E-state index contributed by atoms with van der Waals surface area (Å²) in [5, 5.41) is 13.6. The third-order valence-corrected chi connectivity index (χ3v) is 4.22. The van der Waals surface area contributed by atoms with Crippen LogP contribution in [0.1, 0.15) is 32.1 Å². The predicted molar refractivity (Wildman–Crippen MR) is 65.2 cm³/mol. The van der Waals surface area contributed by atoms with E-state index in [4.69, 9.17) is 5.21 Å². The van der Waals surface area contributed by atoms with Crippen molar-refractivity contribution in [2.45, 2.75) is 44.2 Å². The Hall–Kier alpha value is -1.10. The Morgan fingerprint density at radius 3 is 2.71 bits per heavy atom.